The van der Waals surface area contributed by atoms with E-state index in [-0.39, 0.29) is 54.4 Å². The Bertz CT molecular complexity index is 2490. The van der Waals surface area contributed by atoms with Gasteiger partial charge in [-0.3, -0.25) is 18.9 Å². The van der Waals surface area contributed by atoms with Gasteiger partial charge >= 0.3 is 21.4 Å². The topological polar surface area (TPSA) is 239 Å². The standard InChI is InChI=1S/C48H57N3O15P2/c1-5-8-11-22-40(41(6-2)51(32-52)66-48(55)45-34(4)17-16-23-43(45)61-33-64-68(57,58)59)46(53)49-31-50-47(54)44-25-24-42(65-44)37-26-38(60-7-3)28-39(27-37)67(56,62-29-35-18-12-9-13-19-35)63-30-36-20-14-10-15-21-36/h9-10,12-21,23-28,32,40-41H,5-8,11,22,29-31,33H2,1-4H3,(H,49,53)(H,50,54)(H2,57,58,59)/t40-,41-/m1/s1. The fraction of sp³-hybridized carbons (Fsp3) is 0.333. The molecule has 0 aliphatic heterocycles. The lowest BCUT2D eigenvalue weighted by atomic mass is 9.90. The Morgan fingerprint density at radius 1 is 0.794 bits per heavy atom. The van der Waals surface area contributed by atoms with Gasteiger partial charge in [0.05, 0.1) is 43.8 Å². The number of hydrogen-bond acceptors (Lipinski definition) is 13. The Kier molecular flexibility index (Phi) is 20.1. The lowest BCUT2D eigenvalue weighted by Crippen LogP contribution is -2.49. The smallest absolute Gasteiger partial charge is 0.472 e. The summed E-state index contributed by atoms with van der Waals surface area (Å²) >= 11 is 0. The Morgan fingerprint density at radius 2 is 1.47 bits per heavy atom. The highest BCUT2D eigenvalue weighted by Gasteiger charge is 2.35. The number of aryl methyl sites for hydroxylation is 1. The van der Waals surface area contributed by atoms with Crippen LogP contribution in [0.3, 0.4) is 0 Å². The van der Waals surface area contributed by atoms with E-state index in [9.17, 15) is 28.3 Å². The number of carbonyl (C=O) groups excluding carboxylic acids is 4. The second-order valence-corrected chi connectivity index (χ2v) is 18.6. The molecule has 364 valence electrons. The Morgan fingerprint density at radius 3 is 2.07 bits per heavy atom. The molecular formula is C48H57N3O15P2. The van der Waals surface area contributed by atoms with E-state index >= 15 is 0 Å². The van der Waals surface area contributed by atoms with Crippen molar-refractivity contribution in [3.63, 3.8) is 0 Å². The van der Waals surface area contributed by atoms with Gasteiger partial charge in [0.1, 0.15) is 22.8 Å². The van der Waals surface area contributed by atoms with E-state index in [1.807, 2.05) is 67.6 Å². The van der Waals surface area contributed by atoms with E-state index in [1.165, 1.54) is 18.2 Å². The number of unbranched alkanes of at least 4 members (excludes halogenated alkanes) is 2. The molecule has 1 aromatic heterocycles. The molecule has 3 amide bonds. The number of nitrogens with one attached hydrogen (secondary N) is 2. The van der Waals surface area contributed by atoms with Gasteiger partial charge in [-0.1, -0.05) is 106 Å². The first-order valence-electron chi connectivity index (χ1n) is 22.0. The molecule has 4 N–H and O–H groups in total. The molecule has 18 nitrogen and oxygen atoms in total. The van der Waals surface area contributed by atoms with Crippen LogP contribution in [0.25, 0.3) is 11.3 Å². The summed E-state index contributed by atoms with van der Waals surface area (Å²) < 4.78 is 59.5. The lowest BCUT2D eigenvalue weighted by Gasteiger charge is -2.32. The van der Waals surface area contributed by atoms with Gasteiger partial charge in [0.2, 0.25) is 12.3 Å². The number of furan rings is 1. The molecule has 20 heteroatoms. The van der Waals surface area contributed by atoms with Gasteiger partial charge in [-0.2, -0.15) is 5.06 Å². The van der Waals surface area contributed by atoms with Crippen LogP contribution in [0, 0.1) is 12.8 Å². The van der Waals surface area contributed by atoms with E-state index in [1.54, 1.807) is 51.1 Å². The Balaban J connectivity index is 1.29. The number of nitrogens with zero attached hydrogens (tertiary/aromatic N) is 1. The predicted molar refractivity (Wildman–Crippen MR) is 250 cm³/mol. The molecule has 68 heavy (non-hydrogen) atoms. The maximum absolute atomic E-state index is 14.7. The van der Waals surface area contributed by atoms with Crippen molar-refractivity contribution >= 4 is 44.9 Å². The van der Waals surface area contributed by atoms with Crippen molar-refractivity contribution in [2.45, 2.75) is 79.1 Å². The van der Waals surface area contributed by atoms with E-state index in [0.29, 0.717) is 42.7 Å². The van der Waals surface area contributed by atoms with Crippen LogP contribution in [0.1, 0.15) is 90.5 Å². The highest BCUT2D eigenvalue weighted by Crippen LogP contribution is 2.50. The molecular weight excluding hydrogens is 920 g/mol. The molecule has 0 bridgehead atoms. The normalized spacial score (nSPS) is 12.4. The minimum absolute atomic E-state index is 0.00132. The second kappa shape index (κ2) is 25.9. The predicted octanol–water partition coefficient (Wildman–Crippen LogP) is 8.36. The first-order valence-corrected chi connectivity index (χ1v) is 25.1. The molecule has 0 fully saturated rings. The number of phosphoric ester groups is 1. The molecule has 5 aromatic rings. The quantitative estimate of drug-likeness (QED) is 0.0121. The zero-order valence-electron chi connectivity index (χ0n) is 38.2. The fourth-order valence-corrected chi connectivity index (χ4v) is 8.86. The van der Waals surface area contributed by atoms with Crippen LogP contribution in [0.2, 0.25) is 0 Å². The first kappa shape index (κ1) is 52.9. The third-order valence-corrected chi connectivity index (χ3v) is 12.7. The third-order valence-electron chi connectivity index (χ3n) is 10.5. The van der Waals surface area contributed by atoms with Crippen molar-refractivity contribution in [3.05, 3.63) is 137 Å². The molecule has 0 spiro atoms. The summed E-state index contributed by atoms with van der Waals surface area (Å²) in [4.78, 5) is 76.9. The largest absolute Gasteiger partial charge is 0.494 e. The van der Waals surface area contributed by atoms with Crippen molar-refractivity contribution in [3.8, 4) is 22.8 Å². The maximum Gasteiger partial charge on any atom is 0.472 e. The summed E-state index contributed by atoms with van der Waals surface area (Å²) in [6.07, 6.45) is 2.99. The molecule has 2 atom stereocenters. The second-order valence-electron chi connectivity index (χ2n) is 15.3. The van der Waals surface area contributed by atoms with E-state index in [2.05, 4.69) is 15.2 Å². The fourth-order valence-electron chi connectivity index (χ4n) is 7.08. The zero-order chi connectivity index (χ0) is 49.1. The van der Waals surface area contributed by atoms with Crippen LogP contribution in [0.5, 0.6) is 11.5 Å². The Labute approximate surface area is 394 Å². The number of hydrogen-bond donors (Lipinski definition) is 4. The number of phosphoric acid groups is 1. The highest BCUT2D eigenvalue weighted by molar-refractivity contribution is 7.62. The lowest BCUT2D eigenvalue weighted by molar-refractivity contribution is -0.171. The van der Waals surface area contributed by atoms with Crippen molar-refractivity contribution < 1.29 is 70.4 Å². The van der Waals surface area contributed by atoms with Gasteiger partial charge < -0.3 is 48.2 Å². The monoisotopic (exact) mass is 977 g/mol. The van der Waals surface area contributed by atoms with Gasteiger partial charge in [-0.15, -0.1) is 0 Å². The van der Waals surface area contributed by atoms with Gasteiger partial charge in [-0.25, -0.2) is 13.9 Å². The number of carbonyl (C=O) groups is 4. The molecule has 4 aromatic carbocycles. The van der Waals surface area contributed by atoms with Crippen LogP contribution in [-0.2, 0) is 50.3 Å². The van der Waals surface area contributed by atoms with Crippen LogP contribution in [-0.4, -0.2) is 65.2 Å². The van der Waals surface area contributed by atoms with E-state index in [4.69, 9.17) is 37.6 Å². The summed E-state index contributed by atoms with van der Waals surface area (Å²) in [7, 11) is -8.91. The number of rotatable bonds is 28. The molecule has 0 saturated heterocycles. The summed E-state index contributed by atoms with van der Waals surface area (Å²) in [5, 5.41) is 6.30. The van der Waals surface area contributed by atoms with Crippen LogP contribution >= 0.6 is 15.4 Å². The van der Waals surface area contributed by atoms with E-state index in [0.717, 1.165) is 29.0 Å². The van der Waals surface area contributed by atoms with Crippen molar-refractivity contribution in [1.29, 1.82) is 0 Å². The Hall–Kier alpha value is -6.10. The minimum Gasteiger partial charge on any atom is -0.494 e. The van der Waals surface area contributed by atoms with Gasteiger partial charge in [-0.05, 0) is 79.8 Å². The molecule has 0 radical (unpaired) electrons. The molecule has 0 saturated carbocycles. The third kappa shape index (κ3) is 15.5. The summed E-state index contributed by atoms with van der Waals surface area (Å²) in [5.74, 6) is -2.73. The highest BCUT2D eigenvalue weighted by atomic mass is 31.2. The zero-order valence-corrected chi connectivity index (χ0v) is 40.0. The van der Waals surface area contributed by atoms with Crippen LogP contribution < -0.4 is 25.4 Å². The van der Waals surface area contributed by atoms with E-state index < -0.39 is 52.0 Å². The average Bonchev–Trinajstić information content (AvgIpc) is 3.83. The van der Waals surface area contributed by atoms with Gasteiger partial charge in [0.25, 0.3) is 5.91 Å². The van der Waals surface area contributed by atoms with Crippen LogP contribution in [0.15, 0.2) is 114 Å². The maximum atomic E-state index is 14.7. The number of ether oxygens (including phenoxy) is 2. The number of amides is 3. The van der Waals surface area contributed by atoms with Crippen molar-refractivity contribution in [2.24, 2.45) is 5.92 Å². The molecule has 0 aliphatic rings. The van der Waals surface area contributed by atoms with Gasteiger partial charge in [0, 0.05) is 5.56 Å². The molecule has 0 aliphatic carbocycles. The van der Waals surface area contributed by atoms with Crippen LogP contribution in [0.4, 0.5) is 0 Å². The minimum atomic E-state index is -4.88. The number of hydroxylamine groups is 2. The molecule has 1 heterocycles. The average molecular weight is 978 g/mol. The summed E-state index contributed by atoms with van der Waals surface area (Å²) in [6.45, 7) is 6.16. The molecule has 0 unspecified atom stereocenters. The number of benzene rings is 4. The summed E-state index contributed by atoms with van der Waals surface area (Å²) in [5.41, 5.74) is 2.22. The summed E-state index contributed by atoms with van der Waals surface area (Å²) in [6, 6.07) is 29.9. The SMILES string of the molecule is CCCCC[C@@H](C(=O)NCNC(=O)c1ccc(-c2cc(OCC)cc(P(=O)(OCc3ccccc3)OCc3ccccc3)c2)o1)[C@@H](CC)N(C=O)OC(=O)c1c(C)cccc1OCOP(=O)(O)O. The first-order chi connectivity index (χ1) is 32.7. The molecule has 5 rings (SSSR count). The van der Waals surface area contributed by atoms with Crippen molar-refractivity contribution in [2.75, 3.05) is 20.1 Å². The van der Waals surface area contributed by atoms with Crippen molar-refractivity contribution in [1.82, 2.24) is 15.7 Å². The van der Waals surface area contributed by atoms with Gasteiger partial charge in [0.15, 0.2) is 12.6 Å².